The Morgan fingerprint density at radius 3 is 2.93 bits per heavy atom. The third-order valence-electron chi connectivity index (χ3n) is 2.01. The summed E-state index contributed by atoms with van der Waals surface area (Å²) >= 11 is 5.84. The van der Waals surface area contributed by atoms with Crippen LogP contribution in [0.25, 0.3) is 10.9 Å². The topological polar surface area (TPSA) is 42.1 Å². The normalized spacial score (nSPS) is 10.4. The molecule has 0 radical (unpaired) electrons. The van der Waals surface area contributed by atoms with Gasteiger partial charge >= 0.3 is 0 Å². The number of methoxy groups -OCH3 is 1. The van der Waals surface area contributed by atoms with Crippen LogP contribution in [-0.4, -0.2) is 12.1 Å². The minimum atomic E-state index is -0.0699. The lowest BCUT2D eigenvalue weighted by Crippen LogP contribution is -2.01. The molecule has 0 amide bonds. The van der Waals surface area contributed by atoms with Gasteiger partial charge < -0.3 is 9.72 Å². The molecule has 0 bridgehead atoms. The lowest BCUT2D eigenvalue weighted by atomic mass is 10.2. The van der Waals surface area contributed by atoms with Gasteiger partial charge in [0.15, 0.2) is 5.43 Å². The molecule has 0 fully saturated rings. The Hall–Kier alpha value is -1.48. The summed E-state index contributed by atoms with van der Waals surface area (Å²) in [6, 6.07) is 4.75. The molecule has 2 aromatic rings. The standard InChI is InChI=1S/C10H8ClNO2/c1-14-9-5-6(11)4-7-8(13)2-3-12-10(7)9/h2-5H,1H3,(H,12,13). The second-order valence-corrected chi connectivity index (χ2v) is 3.31. The first kappa shape index (κ1) is 9.09. The zero-order valence-corrected chi connectivity index (χ0v) is 8.26. The number of H-pyrrole nitrogens is 1. The number of aromatic nitrogens is 1. The highest BCUT2D eigenvalue weighted by Crippen LogP contribution is 2.25. The highest BCUT2D eigenvalue weighted by molar-refractivity contribution is 6.31. The van der Waals surface area contributed by atoms with Gasteiger partial charge in [-0.25, -0.2) is 0 Å². The highest BCUT2D eigenvalue weighted by Gasteiger charge is 2.05. The molecule has 1 aromatic carbocycles. The first-order chi connectivity index (χ1) is 6.72. The lowest BCUT2D eigenvalue weighted by molar-refractivity contribution is 0.419. The van der Waals surface area contributed by atoms with E-state index >= 15 is 0 Å². The molecule has 0 spiro atoms. The fraction of sp³-hybridized carbons (Fsp3) is 0.100. The van der Waals surface area contributed by atoms with Crippen molar-refractivity contribution in [3.63, 3.8) is 0 Å². The number of hydrogen-bond acceptors (Lipinski definition) is 2. The summed E-state index contributed by atoms with van der Waals surface area (Å²) in [4.78, 5) is 14.4. The maximum absolute atomic E-state index is 11.5. The molecule has 0 atom stereocenters. The zero-order valence-electron chi connectivity index (χ0n) is 7.50. The van der Waals surface area contributed by atoms with Crippen molar-refractivity contribution in [1.29, 1.82) is 0 Å². The van der Waals surface area contributed by atoms with Gasteiger partial charge in [-0.3, -0.25) is 4.79 Å². The molecule has 0 unspecified atom stereocenters. The Kier molecular flexibility index (Phi) is 2.17. The minimum absolute atomic E-state index is 0.0699. The summed E-state index contributed by atoms with van der Waals surface area (Å²) in [7, 11) is 1.54. The molecule has 1 N–H and O–H groups in total. The highest BCUT2D eigenvalue weighted by atomic mass is 35.5. The number of pyridine rings is 1. The van der Waals surface area contributed by atoms with Crippen molar-refractivity contribution < 1.29 is 4.74 Å². The van der Waals surface area contributed by atoms with Gasteiger partial charge in [-0.1, -0.05) is 11.6 Å². The van der Waals surface area contributed by atoms with Crippen molar-refractivity contribution in [3.05, 3.63) is 39.6 Å². The predicted octanol–water partition coefficient (Wildman–Crippen LogP) is 2.19. The molecule has 3 nitrogen and oxygen atoms in total. The van der Waals surface area contributed by atoms with Crippen molar-refractivity contribution >= 4 is 22.5 Å². The van der Waals surface area contributed by atoms with E-state index in [1.54, 1.807) is 18.3 Å². The van der Waals surface area contributed by atoms with Crippen LogP contribution >= 0.6 is 11.6 Å². The first-order valence-electron chi connectivity index (χ1n) is 4.07. The Morgan fingerprint density at radius 1 is 1.43 bits per heavy atom. The van der Waals surface area contributed by atoms with E-state index in [1.807, 2.05) is 0 Å². The third kappa shape index (κ3) is 1.36. The van der Waals surface area contributed by atoms with Gasteiger partial charge in [0.25, 0.3) is 0 Å². The second kappa shape index (κ2) is 3.35. The fourth-order valence-corrected chi connectivity index (χ4v) is 1.58. The molecule has 2 rings (SSSR count). The van der Waals surface area contributed by atoms with Crippen molar-refractivity contribution in [1.82, 2.24) is 4.98 Å². The van der Waals surface area contributed by atoms with E-state index in [-0.39, 0.29) is 5.43 Å². The van der Waals surface area contributed by atoms with E-state index in [0.29, 0.717) is 21.7 Å². The predicted molar refractivity (Wildman–Crippen MR) is 56.1 cm³/mol. The lowest BCUT2D eigenvalue weighted by Gasteiger charge is -2.04. The van der Waals surface area contributed by atoms with Crippen LogP contribution in [0.3, 0.4) is 0 Å². The third-order valence-corrected chi connectivity index (χ3v) is 2.23. The van der Waals surface area contributed by atoms with Crippen molar-refractivity contribution in [2.75, 3.05) is 7.11 Å². The van der Waals surface area contributed by atoms with E-state index in [4.69, 9.17) is 16.3 Å². The molecular weight excluding hydrogens is 202 g/mol. The number of benzene rings is 1. The smallest absolute Gasteiger partial charge is 0.189 e. The Balaban J connectivity index is 2.95. The zero-order chi connectivity index (χ0) is 10.1. The Bertz CT molecular complexity index is 533. The van der Waals surface area contributed by atoms with Crippen LogP contribution in [0.2, 0.25) is 5.02 Å². The molecule has 72 valence electrons. The van der Waals surface area contributed by atoms with Gasteiger partial charge in [0.05, 0.1) is 18.0 Å². The summed E-state index contributed by atoms with van der Waals surface area (Å²) in [5.41, 5.74) is 0.601. The molecule has 0 aliphatic heterocycles. The molecule has 1 aromatic heterocycles. The van der Waals surface area contributed by atoms with E-state index in [0.717, 1.165) is 0 Å². The maximum Gasteiger partial charge on any atom is 0.189 e. The molecule has 0 aliphatic carbocycles. The van der Waals surface area contributed by atoms with Crippen molar-refractivity contribution in [2.24, 2.45) is 0 Å². The van der Waals surface area contributed by atoms with Crippen LogP contribution < -0.4 is 10.2 Å². The summed E-state index contributed by atoms with van der Waals surface area (Å²) in [6.45, 7) is 0. The SMILES string of the molecule is COc1cc(Cl)cc2c(=O)cc[nH]c12. The van der Waals surface area contributed by atoms with Crippen LogP contribution in [0.1, 0.15) is 0 Å². The van der Waals surface area contributed by atoms with Crippen LogP contribution in [0.4, 0.5) is 0 Å². The Labute approximate surface area is 85.3 Å². The number of hydrogen-bond donors (Lipinski definition) is 1. The average molecular weight is 210 g/mol. The largest absolute Gasteiger partial charge is 0.494 e. The van der Waals surface area contributed by atoms with E-state index in [2.05, 4.69) is 4.98 Å². The number of fused-ring (bicyclic) bond motifs is 1. The van der Waals surface area contributed by atoms with Gasteiger partial charge in [0.1, 0.15) is 5.75 Å². The van der Waals surface area contributed by atoms with Gasteiger partial charge in [-0.05, 0) is 6.07 Å². The maximum atomic E-state index is 11.5. The molecule has 0 saturated heterocycles. The number of nitrogens with one attached hydrogen (secondary N) is 1. The van der Waals surface area contributed by atoms with Crippen molar-refractivity contribution in [2.45, 2.75) is 0 Å². The van der Waals surface area contributed by atoms with Crippen molar-refractivity contribution in [3.8, 4) is 5.75 Å². The van der Waals surface area contributed by atoms with Crippen LogP contribution in [0.5, 0.6) is 5.75 Å². The van der Waals surface area contributed by atoms with E-state index in [1.165, 1.54) is 13.2 Å². The van der Waals surface area contributed by atoms with Gasteiger partial charge in [-0.15, -0.1) is 0 Å². The summed E-state index contributed by atoms with van der Waals surface area (Å²) in [5.74, 6) is 0.574. The number of halogens is 1. The summed E-state index contributed by atoms with van der Waals surface area (Å²) in [6.07, 6.45) is 1.58. The van der Waals surface area contributed by atoms with Gasteiger partial charge in [0.2, 0.25) is 0 Å². The minimum Gasteiger partial charge on any atom is -0.494 e. The number of aromatic amines is 1. The molecular formula is C10H8ClNO2. The first-order valence-corrected chi connectivity index (χ1v) is 4.45. The molecule has 1 heterocycles. The summed E-state index contributed by atoms with van der Waals surface area (Å²) < 4.78 is 5.11. The number of ether oxygens (including phenoxy) is 1. The molecule has 0 aliphatic rings. The quantitative estimate of drug-likeness (QED) is 0.782. The van der Waals surface area contributed by atoms with E-state index in [9.17, 15) is 4.79 Å². The number of rotatable bonds is 1. The summed E-state index contributed by atoms with van der Waals surface area (Å²) in [5, 5.41) is 1.03. The van der Waals surface area contributed by atoms with Crippen LogP contribution in [0.15, 0.2) is 29.2 Å². The monoisotopic (exact) mass is 209 g/mol. The average Bonchev–Trinajstić information content (AvgIpc) is 2.18. The molecule has 0 saturated carbocycles. The van der Waals surface area contributed by atoms with Crippen LogP contribution in [0, 0.1) is 0 Å². The van der Waals surface area contributed by atoms with E-state index < -0.39 is 0 Å². The van der Waals surface area contributed by atoms with Gasteiger partial charge in [0, 0.05) is 23.4 Å². The van der Waals surface area contributed by atoms with Gasteiger partial charge in [-0.2, -0.15) is 0 Å². The second-order valence-electron chi connectivity index (χ2n) is 2.87. The molecule has 4 heteroatoms. The fourth-order valence-electron chi connectivity index (χ4n) is 1.38. The van der Waals surface area contributed by atoms with Crippen LogP contribution in [-0.2, 0) is 0 Å². The Morgan fingerprint density at radius 2 is 2.21 bits per heavy atom. The molecule has 14 heavy (non-hydrogen) atoms.